The summed E-state index contributed by atoms with van der Waals surface area (Å²) in [7, 11) is 0. The van der Waals surface area contributed by atoms with Gasteiger partial charge >= 0.3 is 0 Å². The van der Waals surface area contributed by atoms with Gasteiger partial charge in [0, 0.05) is 6.54 Å². The van der Waals surface area contributed by atoms with Crippen molar-refractivity contribution in [3.63, 3.8) is 0 Å². The first-order chi connectivity index (χ1) is 5.84. The molecule has 0 unspecified atom stereocenters. The molecule has 1 aliphatic rings. The number of rotatable bonds is 4. The fourth-order valence-corrected chi connectivity index (χ4v) is 1.91. The molecule has 0 aliphatic heterocycles. The molecule has 1 aliphatic carbocycles. The summed E-state index contributed by atoms with van der Waals surface area (Å²) in [5.74, 6) is 0.976. The van der Waals surface area contributed by atoms with Crippen LogP contribution in [0, 0.1) is 9.87 Å². The Balaban J connectivity index is 1.75. The lowest BCUT2D eigenvalue weighted by molar-refractivity contribution is 0.759. The van der Waals surface area contributed by atoms with E-state index in [4.69, 9.17) is 12.2 Å². The van der Waals surface area contributed by atoms with Gasteiger partial charge in [0.25, 0.3) is 0 Å². The second-order valence-electron chi connectivity index (χ2n) is 3.08. The highest BCUT2D eigenvalue weighted by Gasteiger charge is 2.20. The van der Waals surface area contributed by atoms with Crippen LogP contribution in [0.1, 0.15) is 19.3 Å². The Kier molecular flexibility index (Phi) is 2.41. The number of aromatic nitrogens is 2. The first-order valence-corrected chi connectivity index (χ1v) is 5.36. The quantitative estimate of drug-likeness (QED) is 0.735. The van der Waals surface area contributed by atoms with E-state index in [9.17, 15) is 0 Å². The van der Waals surface area contributed by atoms with Gasteiger partial charge in [0.15, 0.2) is 3.95 Å². The molecule has 0 aromatic carbocycles. The van der Waals surface area contributed by atoms with E-state index in [-0.39, 0.29) is 0 Å². The Morgan fingerprint density at radius 1 is 1.67 bits per heavy atom. The SMILES string of the molecule is S=c1[nH]nc(NCCC2CC2)s1. The molecule has 2 N–H and O–H groups in total. The molecule has 0 atom stereocenters. The zero-order chi connectivity index (χ0) is 8.39. The molecular formula is C7H11N3S2. The standard InChI is InChI=1S/C7H11N3S2/c11-7-10-9-6(12-7)8-4-3-5-1-2-5/h5H,1-4H2,(H,8,9)(H,10,11). The smallest absolute Gasteiger partial charge is 0.204 e. The Labute approximate surface area is 80.2 Å². The Morgan fingerprint density at radius 2 is 2.50 bits per heavy atom. The average Bonchev–Trinajstić information content (AvgIpc) is 2.76. The maximum atomic E-state index is 4.91. The summed E-state index contributed by atoms with van der Waals surface area (Å²) in [5, 5.41) is 10.9. The Morgan fingerprint density at radius 3 is 3.08 bits per heavy atom. The fourth-order valence-electron chi connectivity index (χ4n) is 1.10. The van der Waals surface area contributed by atoms with Gasteiger partial charge < -0.3 is 5.32 Å². The minimum Gasteiger partial charge on any atom is -0.360 e. The number of anilines is 1. The highest BCUT2D eigenvalue weighted by molar-refractivity contribution is 7.73. The summed E-state index contributed by atoms with van der Waals surface area (Å²) in [5.41, 5.74) is 0. The zero-order valence-electron chi connectivity index (χ0n) is 6.67. The van der Waals surface area contributed by atoms with E-state index < -0.39 is 0 Å². The molecule has 1 aromatic rings. The third-order valence-corrected chi connectivity index (χ3v) is 3.01. The van der Waals surface area contributed by atoms with Gasteiger partial charge in [-0.2, -0.15) is 0 Å². The predicted octanol–water partition coefficient (Wildman–Crippen LogP) is 2.41. The maximum Gasteiger partial charge on any atom is 0.204 e. The van der Waals surface area contributed by atoms with Crippen molar-refractivity contribution in [3.8, 4) is 0 Å². The number of hydrogen-bond acceptors (Lipinski definition) is 4. The minimum absolute atomic E-state index is 0.740. The van der Waals surface area contributed by atoms with Crippen molar-refractivity contribution in [2.24, 2.45) is 5.92 Å². The van der Waals surface area contributed by atoms with E-state index in [1.165, 1.54) is 30.6 Å². The summed E-state index contributed by atoms with van der Waals surface area (Å²) < 4.78 is 0.740. The Hall–Kier alpha value is -0.420. The minimum atomic E-state index is 0.740. The summed E-state index contributed by atoms with van der Waals surface area (Å²) in [6, 6.07) is 0. The summed E-state index contributed by atoms with van der Waals surface area (Å²) in [6.07, 6.45) is 4.10. The second kappa shape index (κ2) is 3.53. The molecule has 1 saturated carbocycles. The van der Waals surface area contributed by atoms with E-state index in [1.54, 1.807) is 0 Å². The first-order valence-electron chi connectivity index (χ1n) is 4.14. The molecule has 0 saturated heterocycles. The lowest BCUT2D eigenvalue weighted by Gasteiger charge is -1.98. The first kappa shape index (κ1) is 8.19. The van der Waals surface area contributed by atoms with Crippen molar-refractivity contribution < 1.29 is 0 Å². The van der Waals surface area contributed by atoms with Crippen molar-refractivity contribution in [1.29, 1.82) is 0 Å². The summed E-state index contributed by atoms with van der Waals surface area (Å²) in [6.45, 7) is 1.03. The van der Waals surface area contributed by atoms with Crippen molar-refractivity contribution >= 4 is 28.7 Å². The largest absolute Gasteiger partial charge is 0.360 e. The van der Waals surface area contributed by atoms with Crippen molar-refractivity contribution in [2.45, 2.75) is 19.3 Å². The topological polar surface area (TPSA) is 40.7 Å². The second-order valence-corrected chi connectivity index (χ2v) is 4.74. The van der Waals surface area contributed by atoms with Crippen LogP contribution in [-0.2, 0) is 0 Å². The van der Waals surface area contributed by atoms with Crippen molar-refractivity contribution in [1.82, 2.24) is 10.2 Å². The van der Waals surface area contributed by atoms with Crippen LogP contribution in [0.15, 0.2) is 0 Å². The zero-order valence-corrected chi connectivity index (χ0v) is 8.30. The van der Waals surface area contributed by atoms with E-state index >= 15 is 0 Å². The maximum absolute atomic E-state index is 4.91. The third-order valence-electron chi connectivity index (χ3n) is 1.96. The van der Waals surface area contributed by atoms with Gasteiger partial charge in [-0.15, -0.1) is 5.10 Å². The molecule has 1 aromatic heterocycles. The fraction of sp³-hybridized carbons (Fsp3) is 0.714. The number of hydrogen-bond donors (Lipinski definition) is 2. The van der Waals surface area contributed by atoms with Crippen LogP contribution in [0.4, 0.5) is 5.13 Å². The molecule has 1 fully saturated rings. The molecule has 3 nitrogen and oxygen atoms in total. The molecule has 0 amide bonds. The van der Waals surface area contributed by atoms with Gasteiger partial charge in [-0.25, -0.2) is 0 Å². The van der Waals surface area contributed by atoms with Crippen LogP contribution < -0.4 is 5.32 Å². The molecule has 5 heteroatoms. The van der Waals surface area contributed by atoms with Gasteiger partial charge in [-0.1, -0.05) is 24.2 Å². The number of nitrogens with one attached hydrogen (secondary N) is 2. The number of aromatic amines is 1. The van der Waals surface area contributed by atoms with Crippen LogP contribution >= 0.6 is 23.6 Å². The monoisotopic (exact) mass is 201 g/mol. The molecular weight excluding hydrogens is 190 g/mol. The average molecular weight is 201 g/mol. The van der Waals surface area contributed by atoms with Crippen LogP contribution in [0.2, 0.25) is 0 Å². The van der Waals surface area contributed by atoms with Gasteiger partial charge in [0.05, 0.1) is 0 Å². The predicted molar refractivity (Wildman–Crippen MR) is 53.1 cm³/mol. The van der Waals surface area contributed by atoms with Gasteiger partial charge in [-0.05, 0) is 24.6 Å². The third kappa shape index (κ3) is 2.28. The molecule has 0 radical (unpaired) electrons. The van der Waals surface area contributed by atoms with Crippen molar-refractivity contribution in [3.05, 3.63) is 3.95 Å². The lowest BCUT2D eigenvalue weighted by Crippen LogP contribution is -2.01. The number of H-pyrrole nitrogens is 1. The Bertz CT molecular complexity index is 300. The summed E-state index contributed by atoms with van der Waals surface area (Å²) in [4.78, 5) is 0. The number of nitrogens with zero attached hydrogens (tertiary/aromatic N) is 1. The summed E-state index contributed by atoms with van der Waals surface area (Å²) >= 11 is 6.40. The van der Waals surface area contributed by atoms with Crippen LogP contribution in [-0.4, -0.2) is 16.7 Å². The van der Waals surface area contributed by atoms with E-state index in [2.05, 4.69) is 15.5 Å². The van der Waals surface area contributed by atoms with Gasteiger partial charge in [-0.3, -0.25) is 5.10 Å². The van der Waals surface area contributed by atoms with E-state index in [0.717, 1.165) is 21.5 Å². The van der Waals surface area contributed by atoms with Crippen LogP contribution in [0.3, 0.4) is 0 Å². The van der Waals surface area contributed by atoms with Crippen LogP contribution in [0.5, 0.6) is 0 Å². The van der Waals surface area contributed by atoms with Crippen LogP contribution in [0.25, 0.3) is 0 Å². The highest BCUT2D eigenvalue weighted by Crippen LogP contribution is 2.32. The lowest BCUT2D eigenvalue weighted by atomic mass is 10.3. The highest BCUT2D eigenvalue weighted by atomic mass is 32.1. The molecule has 1 heterocycles. The molecule has 66 valence electrons. The van der Waals surface area contributed by atoms with E-state index in [1.807, 2.05) is 0 Å². The normalized spacial score (nSPS) is 16.3. The molecule has 2 rings (SSSR count). The van der Waals surface area contributed by atoms with Crippen molar-refractivity contribution in [2.75, 3.05) is 11.9 Å². The van der Waals surface area contributed by atoms with Gasteiger partial charge in [0.2, 0.25) is 5.13 Å². The molecule has 12 heavy (non-hydrogen) atoms. The molecule has 0 bridgehead atoms. The van der Waals surface area contributed by atoms with Gasteiger partial charge in [0.1, 0.15) is 0 Å². The molecule has 0 spiro atoms. The van der Waals surface area contributed by atoms with E-state index in [0.29, 0.717) is 0 Å².